The minimum Gasteiger partial charge on any atom is -0.394 e. The van der Waals surface area contributed by atoms with Crippen LogP contribution in [0.2, 0.25) is 0 Å². The molecule has 1 aliphatic heterocycles. The van der Waals surface area contributed by atoms with Crippen molar-refractivity contribution in [3.8, 4) is 0 Å². The molecule has 0 aliphatic carbocycles. The second-order valence-electron chi connectivity index (χ2n) is 20.9. The van der Waals surface area contributed by atoms with Gasteiger partial charge in [0, 0.05) is 6.42 Å². The number of amides is 1. The van der Waals surface area contributed by atoms with Crippen LogP contribution in [-0.2, 0) is 28.9 Å². The van der Waals surface area contributed by atoms with E-state index in [0.29, 0.717) is 12.8 Å². The number of allylic oxidation sites excluding steroid dienone is 4. The van der Waals surface area contributed by atoms with Gasteiger partial charge in [0.15, 0.2) is 6.29 Å². The molecule has 12 nitrogen and oxygen atoms in total. The highest BCUT2D eigenvalue weighted by atomic mass is 32.3. The molecule has 1 rings (SSSR count). The molecule has 6 N–H and O–H groups in total. The summed E-state index contributed by atoms with van der Waals surface area (Å²) in [7, 11) is -5.08. The molecular formula is C58H111NO11S. The number of carbonyl (C=O) groups excluding carboxylic acids is 1. The summed E-state index contributed by atoms with van der Waals surface area (Å²) in [6.07, 6.45) is 50.7. The maximum Gasteiger partial charge on any atom is 0.397 e. The highest BCUT2D eigenvalue weighted by molar-refractivity contribution is 7.80. The lowest BCUT2D eigenvalue weighted by Gasteiger charge is -2.41. The Morgan fingerprint density at radius 3 is 1.34 bits per heavy atom. The van der Waals surface area contributed by atoms with Crippen molar-refractivity contribution >= 4 is 16.3 Å². The Bertz CT molecular complexity index is 1350. The molecule has 7 atom stereocenters. The number of nitrogens with one attached hydrogen (secondary N) is 1. The van der Waals surface area contributed by atoms with Gasteiger partial charge in [-0.2, -0.15) is 8.42 Å². The van der Waals surface area contributed by atoms with E-state index in [2.05, 4.69) is 47.7 Å². The first-order valence-electron chi connectivity index (χ1n) is 29.7. The molecule has 1 amide bonds. The third kappa shape index (κ3) is 40.6. The summed E-state index contributed by atoms with van der Waals surface area (Å²) in [5, 5.41) is 45.0. The normalized spacial score (nSPS) is 19.6. The first kappa shape index (κ1) is 67.6. The van der Waals surface area contributed by atoms with Crippen LogP contribution >= 0.6 is 0 Å². The quantitative estimate of drug-likeness (QED) is 0.0193. The number of hydrogen-bond donors (Lipinski definition) is 6. The summed E-state index contributed by atoms with van der Waals surface area (Å²) in [6.45, 7) is 3.46. The Morgan fingerprint density at radius 2 is 0.944 bits per heavy atom. The van der Waals surface area contributed by atoms with E-state index < -0.39 is 59.9 Å². The van der Waals surface area contributed by atoms with Crippen molar-refractivity contribution in [2.75, 3.05) is 13.2 Å². The average Bonchev–Trinajstić information content (AvgIpc) is 3.34. The lowest BCUT2D eigenvalue weighted by molar-refractivity contribution is -0.298. The second-order valence-corrected chi connectivity index (χ2v) is 22.0. The van der Waals surface area contributed by atoms with E-state index in [-0.39, 0.29) is 12.5 Å². The van der Waals surface area contributed by atoms with Crippen molar-refractivity contribution in [3.63, 3.8) is 0 Å². The second kappa shape index (κ2) is 48.2. The predicted octanol–water partition coefficient (Wildman–Crippen LogP) is 14.0. The summed E-state index contributed by atoms with van der Waals surface area (Å²) in [6, 6.07) is -0.855. The van der Waals surface area contributed by atoms with Gasteiger partial charge in [0.1, 0.15) is 24.4 Å². The fraction of sp³-hybridized carbons (Fsp3) is 0.914. The van der Waals surface area contributed by atoms with Crippen molar-refractivity contribution in [1.82, 2.24) is 5.32 Å². The van der Waals surface area contributed by atoms with Crippen LogP contribution in [0, 0.1) is 0 Å². The summed E-state index contributed by atoms with van der Waals surface area (Å²) < 4.78 is 47.8. The van der Waals surface area contributed by atoms with Crippen LogP contribution in [0.15, 0.2) is 24.3 Å². The van der Waals surface area contributed by atoms with Gasteiger partial charge in [0.2, 0.25) is 5.91 Å². The highest BCUT2D eigenvalue weighted by Gasteiger charge is 2.48. The van der Waals surface area contributed by atoms with Crippen molar-refractivity contribution < 1.29 is 51.8 Å². The molecule has 0 spiro atoms. The molecule has 0 radical (unpaired) electrons. The van der Waals surface area contributed by atoms with Crippen LogP contribution in [0.4, 0.5) is 0 Å². The standard InChI is InChI=1S/C58H111NO11S/c1-3-5-7-9-11-13-15-16-17-18-19-20-21-22-23-24-25-26-27-28-29-30-31-32-33-34-35-36-38-40-42-44-46-48-54(62)59-51(52(61)47-45-43-41-39-37-14-12-10-8-6-4-2)50-68-58-56(64)57(70-71(65,66)67)55(63)53(49-60)69-58/h19-20,22-23,51-53,55-58,60-61,63-64H,3-18,21,24-50H2,1-2H3,(H,59,62)(H,65,66,67)/b20-19-,23-22-. The summed E-state index contributed by atoms with van der Waals surface area (Å²) in [5.41, 5.74) is 0. The molecule has 0 aromatic heterocycles. The SMILES string of the molecule is CCCCCCCCCCC/C=C\C/C=C\CCCCCCCCCCCCCCCCCCCC(=O)NC(COC1OC(CO)C(O)C(OS(=O)(=O)O)C1O)C(O)CCCCCCCCCCCCC. The third-order valence-electron chi connectivity index (χ3n) is 14.3. The van der Waals surface area contributed by atoms with Crippen LogP contribution in [0.1, 0.15) is 284 Å². The number of ether oxygens (including phenoxy) is 2. The summed E-state index contributed by atoms with van der Waals surface area (Å²) >= 11 is 0. The molecule has 7 unspecified atom stereocenters. The van der Waals surface area contributed by atoms with Gasteiger partial charge in [0.25, 0.3) is 0 Å². The van der Waals surface area contributed by atoms with Gasteiger partial charge >= 0.3 is 10.4 Å². The van der Waals surface area contributed by atoms with E-state index in [4.69, 9.17) is 9.47 Å². The number of aliphatic hydroxyl groups excluding tert-OH is 4. The Hall–Kier alpha value is -1.42. The van der Waals surface area contributed by atoms with Gasteiger partial charge in [-0.05, 0) is 44.9 Å². The van der Waals surface area contributed by atoms with Gasteiger partial charge in [-0.15, -0.1) is 0 Å². The monoisotopic (exact) mass is 1030 g/mol. The van der Waals surface area contributed by atoms with Crippen molar-refractivity contribution in [3.05, 3.63) is 24.3 Å². The molecule has 1 heterocycles. The molecular weight excluding hydrogens is 919 g/mol. The zero-order chi connectivity index (χ0) is 51.9. The first-order valence-corrected chi connectivity index (χ1v) is 31.1. The Balaban J connectivity index is 2.19. The summed E-state index contributed by atoms with van der Waals surface area (Å²) in [4.78, 5) is 13.1. The fourth-order valence-corrected chi connectivity index (χ4v) is 10.2. The van der Waals surface area contributed by atoms with E-state index in [9.17, 15) is 38.2 Å². The minimum atomic E-state index is -5.08. The zero-order valence-corrected chi connectivity index (χ0v) is 46.4. The molecule has 13 heteroatoms. The molecule has 1 saturated heterocycles. The maximum absolute atomic E-state index is 13.1. The molecule has 1 aliphatic rings. The smallest absolute Gasteiger partial charge is 0.394 e. The number of rotatable bonds is 52. The molecule has 0 aromatic rings. The molecule has 0 bridgehead atoms. The van der Waals surface area contributed by atoms with Gasteiger partial charge in [-0.3, -0.25) is 9.35 Å². The van der Waals surface area contributed by atoms with Crippen molar-refractivity contribution in [1.29, 1.82) is 0 Å². The van der Waals surface area contributed by atoms with E-state index in [1.165, 1.54) is 199 Å². The van der Waals surface area contributed by atoms with E-state index in [0.717, 1.165) is 57.8 Å². The van der Waals surface area contributed by atoms with E-state index >= 15 is 0 Å². The Morgan fingerprint density at radius 1 is 0.563 bits per heavy atom. The van der Waals surface area contributed by atoms with Crippen LogP contribution in [0.5, 0.6) is 0 Å². The molecule has 420 valence electrons. The minimum absolute atomic E-state index is 0.227. The number of aliphatic hydroxyl groups is 4. The topological polar surface area (TPSA) is 192 Å². The van der Waals surface area contributed by atoms with Crippen LogP contribution in [-0.4, -0.2) is 95.4 Å². The van der Waals surface area contributed by atoms with Gasteiger partial charge in [-0.1, -0.05) is 256 Å². The first-order chi connectivity index (χ1) is 34.5. The van der Waals surface area contributed by atoms with Gasteiger partial charge in [0.05, 0.1) is 25.4 Å². The summed E-state index contributed by atoms with van der Waals surface area (Å²) in [5.74, 6) is -0.227. The molecule has 1 fully saturated rings. The largest absolute Gasteiger partial charge is 0.397 e. The van der Waals surface area contributed by atoms with E-state index in [1.807, 2.05) is 0 Å². The van der Waals surface area contributed by atoms with Crippen molar-refractivity contribution in [2.45, 2.75) is 326 Å². The number of unbranched alkanes of at least 4 members (excludes halogenated alkanes) is 36. The van der Waals surface area contributed by atoms with Gasteiger partial charge < -0.3 is 35.2 Å². The van der Waals surface area contributed by atoms with E-state index in [1.54, 1.807) is 0 Å². The molecule has 71 heavy (non-hydrogen) atoms. The lowest BCUT2D eigenvalue weighted by Crippen LogP contribution is -2.61. The van der Waals surface area contributed by atoms with Gasteiger partial charge in [-0.25, -0.2) is 4.18 Å². The molecule has 0 saturated carbocycles. The maximum atomic E-state index is 13.1. The predicted molar refractivity (Wildman–Crippen MR) is 292 cm³/mol. The fourth-order valence-electron chi connectivity index (χ4n) is 9.67. The third-order valence-corrected chi connectivity index (χ3v) is 14.7. The Kier molecular flexibility index (Phi) is 45.9. The highest BCUT2D eigenvalue weighted by Crippen LogP contribution is 2.26. The lowest BCUT2D eigenvalue weighted by atomic mass is 9.99. The Labute approximate surface area is 435 Å². The number of hydrogen-bond acceptors (Lipinski definition) is 10. The molecule has 0 aromatic carbocycles. The van der Waals surface area contributed by atoms with Crippen LogP contribution < -0.4 is 5.32 Å². The number of carbonyl (C=O) groups is 1. The van der Waals surface area contributed by atoms with Crippen molar-refractivity contribution in [2.24, 2.45) is 0 Å². The van der Waals surface area contributed by atoms with Crippen LogP contribution in [0.3, 0.4) is 0 Å². The van der Waals surface area contributed by atoms with Crippen LogP contribution in [0.25, 0.3) is 0 Å². The zero-order valence-electron chi connectivity index (χ0n) is 45.6. The average molecular weight is 1030 g/mol.